The zero-order valence-electron chi connectivity index (χ0n) is 60.5. The van der Waals surface area contributed by atoms with Gasteiger partial charge in [-0.3, -0.25) is 28.3 Å². The number of imidazole rings is 1. The molecule has 1 N–H and O–H groups in total. The van der Waals surface area contributed by atoms with Gasteiger partial charge in [0.25, 0.3) is 5.88 Å². The molecule has 554 valence electrons. The van der Waals surface area contributed by atoms with Crippen molar-refractivity contribution in [2.45, 2.75) is 118 Å². The molecule has 1 fully saturated rings. The lowest BCUT2D eigenvalue weighted by Gasteiger charge is -2.42. The van der Waals surface area contributed by atoms with Gasteiger partial charge in [0.1, 0.15) is 34.3 Å². The van der Waals surface area contributed by atoms with Crippen molar-refractivity contribution in [3.05, 3.63) is 222 Å². The van der Waals surface area contributed by atoms with Crippen molar-refractivity contribution in [2.75, 3.05) is 53.3 Å². The number of phosphoric ester groups is 2. The number of ether oxygens (including phenoxy) is 8. The summed E-state index contributed by atoms with van der Waals surface area (Å²) in [5.74, 6) is -3.04. The first kappa shape index (κ1) is 78.9. The van der Waals surface area contributed by atoms with Crippen molar-refractivity contribution in [2.24, 2.45) is 21.7 Å². The molecule has 4 atom stereocenters. The van der Waals surface area contributed by atoms with E-state index in [1.165, 1.54) is 24.9 Å². The van der Waals surface area contributed by atoms with Gasteiger partial charge in [-0.2, -0.15) is 9.97 Å². The van der Waals surface area contributed by atoms with E-state index in [1.807, 2.05) is 72.8 Å². The van der Waals surface area contributed by atoms with Crippen molar-refractivity contribution in [1.82, 2.24) is 19.5 Å². The highest BCUT2D eigenvalue weighted by molar-refractivity contribution is 7.49. The molecule has 0 radical (unpaired) electrons. The lowest BCUT2D eigenvalue weighted by atomic mass is 9.77. The number of nitrogens with one attached hydrogen (secondary N) is 1. The van der Waals surface area contributed by atoms with Crippen LogP contribution in [0.3, 0.4) is 0 Å². The summed E-state index contributed by atoms with van der Waals surface area (Å²) in [6.07, 6.45) is -4.06. The van der Waals surface area contributed by atoms with Crippen LogP contribution in [0, 0.1) is 21.7 Å². The number of alkyl halides is 1. The van der Waals surface area contributed by atoms with E-state index < -0.39 is 136 Å². The molecule has 0 saturated carbocycles. The molecule has 0 aliphatic carbocycles. The molecular formula is C76H88FN5O20P2. The molecule has 0 amide bonds. The minimum absolute atomic E-state index is 0.300. The van der Waals surface area contributed by atoms with Crippen molar-refractivity contribution in [3.63, 3.8) is 0 Å². The largest absolute Gasteiger partial charge is 0.537 e. The van der Waals surface area contributed by atoms with E-state index in [4.69, 9.17) is 75.0 Å². The number of hydrogen-bond acceptors (Lipinski definition) is 24. The Balaban J connectivity index is 1.29. The number of esters is 4. The van der Waals surface area contributed by atoms with Crippen molar-refractivity contribution in [3.8, 4) is 17.4 Å². The zero-order valence-corrected chi connectivity index (χ0v) is 62.3. The molecule has 104 heavy (non-hydrogen) atoms. The first-order valence-corrected chi connectivity index (χ1v) is 36.0. The van der Waals surface area contributed by atoms with E-state index in [2.05, 4.69) is 16.9 Å². The maximum atomic E-state index is 19.8. The van der Waals surface area contributed by atoms with Crippen LogP contribution in [-0.2, 0) is 90.5 Å². The Morgan fingerprint density at radius 3 is 1.28 bits per heavy atom. The van der Waals surface area contributed by atoms with Crippen molar-refractivity contribution in [1.29, 1.82) is 0 Å². The molecule has 6 aromatic carbocycles. The average molecular weight is 1470 g/mol. The number of methoxy groups -OCH3 is 2. The summed E-state index contributed by atoms with van der Waals surface area (Å²) >= 11 is 0. The predicted molar refractivity (Wildman–Crippen MR) is 381 cm³/mol. The number of fused-ring (bicyclic) bond motifs is 1. The number of halogens is 1. The lowest BCUT2D eigenvalue weighted by Crippen LogP contribution is -2.51. The molecule has 1 aliphatic rings. The summed E-state index contributed by atoms with van der Waals surface area (Å²) in [6, 6.07) is 50.5. The van der Waals surface area contributed by atoms with Gasteiger partial charge in [-0.1, -0.05) is 152 Å². The maximum Gasteiger partial charge on any atom is 0.537 e. The molecule has 2 aromatic heterocycles. The normalized spacial score (nSPS) is 16.8. The SMILES string of the molecule is C=C[C@]1(COP(=O)(OCOC(=O)C(C)(C)C)OCOC(=O)C(C)(C)C)O[C@@H](n2cnc3c(OP(=O)(OCOC(=O)C(C)(C)C)OCOC(=O)C(C)(C)C)nc(NC(c4ccccc4)(c4ccccc4)c4ccc(OC)cc4)nc32)[C@H](F)[C@@H]1OC(c1ccccc1)(c1ccccc1)c1ccc(OC)cc1. The first-order valence-electron chi connectivity index (χ1n) is 33.1. The fraction of sp³-hybridized carbons (Fsp3) is 0.382. The van der Waals surface area contributed by atoms with Gasteiger partial charge in [-0.05, 0) is 141 Å². The van der Waals surface area contributed by atoms with Crippen molar-refractivity contribution >= 4 is 56.6 Å². The molecule has 1 saturated heterocycles. The predicted octanol–water partition coefficient (Wildman–Crippen LogP) is 15.3. The molecule has 9 rings (SSSR count). The number of aromatic nitrogens is 4. The van der Waals surface area contributed by atoms with Gasteiger partial charge in [0.05, 0.1) is 48.8 Å². The molecule has 0 unspecified atom stereocenters. The highest BCUT2D eigenvalue weighted by Crippen LogP contribution is 2.56. The standard InChI is InChI=1S/C76H88FN5O20P2/c1-16-74(45-95-103(87,96-47-91-65(83)70(2,3)4)97-48-92-66(84)71(5,6)7)61(100-76(54-33-25-19-26-34-54,55-35-27-20-28-36-55)56-39-43-58(90-15)44-40-56)59(77)64(101-74)82-46-78-60-62(82)79-69(80-63(60)102-104(88,98-49-93-67(85)72(8,9)10)99-50-94-68(86)73(11,12)13)81-75(51-29-21-17-22-30-51,52-31-23-18-24-32-52)53-37-41-57(89-14)42-38-53/h16-44,46,59,61,64H,1,45,47-50H2,2-15H3,(H,79,80,81)/t59-,61+,64-,74-/m1/s1. The van der Waals surface area contributed by atoms with Crippen LogP contribution in [0.2, 0.25) is 0 Å². The Labute approximate surface area is 604 Å². The number of rotatable bonds is 31. The second-order valence-electron chi connectivity index (χ2n) is 28.3. The van der Waals surface area contributed by atoms with E-state index in [-0.39, 0.29) is 17.1 Å². The molecule has 3 heterocycles. The Kier molecular flexibility index (Phi) is 24.6. The fourth-order valence-corrected chi connectivity index (χ4v) is 12.6. The van der Waals surface area contributed by atoms with Crippen molar-refractivity contribution < 1.29 is 97.7 Å². The van der Waals surface area contributed by atoms with Crippen LogP contribution in [0.4, 0.5) is 10.3 Å². The third-order valence-corrected chi connectivity index (χ3v) is 19.0. The minimum Gasteiger partial charge on any atom is -0.497 e. The molecule has 0 bridgehead atoms. The van der Waals surface area contributed by atoms with Crippen LogP contribution >= 0.6 is 15.6 Å². The fourth-order valence-electron chi connectivity index (χ4n) is 10.8. The first-order chi connectivity index (χ1) is 49.1. The number of phosphoric acid groups is 2. The number of carbonyl (C=O) groups excluding carboxylic acids is 4. The van der Waals surface area contributed by atoms with Crippen LogP contribution in [-0.4, -0.2) is 109 Å². The second-order valence-corrected chi connectivity index (χ2v) is 31.5. The molecule has 1 aliphatic heterocycles. The number of anilines is 1. The number of carbonyl (C=O) groups is 4. The van der Waals surface area contributed by atoms with Crippen LogP contribution in [0.25, 0.3) is 11.2 Å². The van der Waals surface area contributed by atoms with Crippen LogP contribution < -0.4 is 19.3 Å². The number of hydrogen-bond donors (Lipinski definition) is 1. The smallest absolute Gasteiger partial charge is 0.497 e. The Morgan fingerprint density at radius 1 is 0.529 bits per heavy atom. The van der Waals surface area contributed by atoms with Crippen LogP contribution in [0.15, 0.2) is 189 Å². The van der Waals surface area contributed by atoms with E-state index in [0.717, 1.165) is 6.33 Å². The summed E-state index contributed by atoms with van der Waals surface area (Å²) in [6.45, 7) is 18.1. The van der Waals surface area contributed by atoms with E-state index >= 15 is 13.5 Å². The van der Waals surface area contributed by atoms with Gasteiger partial charge >= 0.3 is 39.5 Å². The van der Waals surface area contributed by atoms with E-state index in [9.17, 15) is 19.2 Å². The summed E-state index contributed by atoms with van der Waals surface area (Å²) in [5, 5.41) is 3.58. The van der Waals surface area contributed by atoms with E-state index in [0.29, 0.717) is 44.9 Å². The lowest BCUT2D eigenvalue weighted by molar-refractivity contribution is -0.166. The molecule has 0 spiro atoms. The minimum atomic E-state index is -5.27. The van der Waals surface area contributed by atoms with Gasteiger partial charge in [0.2, 0.25) is 33.1 Å². The van der Waals surface area contributed by atoms with Gasteiger partial charge < -0.3 is 47.7 Å². The van der Waals surface area contributed by atoms with Crippen LogP contribution in [0.5, 0.6) is 17.4 Å². The summed E-state index contributed by atoms with van der Waals surface area (Å²) in [7, 11) is -7.41. The van der Waals surface area contributed by atoms with E-state index in [1.54, 1.807) is 180 Å². The van der Waals surface area contributed by atoms with Gasteiger partial charge in [0, 0.05) is 0 Å². The molecule has 28 heteroatoms. The average Bonchev–Trinajstić information content (AvgIpc) is 1.50. The maximum absolute atomic E-state index is 19.8. The topological polar surface area (TPSA) is 287 Å². The Hall–Kier alpha value is -9.20. The number of benzene rings is 6. The van der Waals surface area contributed by atoms with Gasteiger partial charge in [0.15, 0.2) is 23.6 Å². The summed E-state index contributed by atoms with van der Waals surface area (Å²) in [4.78, 5) is 67.3. The highest BCUT2D eigenvalue weighted by atomic mass is 31.2. The highest BCUT2D eigenvalue weighted by Gasteiger charge is 2.61. The zero-order chi connectivity index (χ0) is 75.5. The van der Waals surface area contributed by atoms with Crippen LogP contribution in [0.1, 0.15) is 123 Å². The molecule has 8 aromatic rings. The monoisotopic (exact) mass is 1470 g/mol. The molecular weight excluding hydrogens is 1380 g/mol. The third-order valence-electron chi connectivity index (χ3n) is 16.5. The third kappa shape index (κ3) is 18.1. The summed E-state index contributed by atoms with van der Waals surface area (Å²) in [5.41, 5.74) is -7.27. The quantitative estimate of drug-likeness (QED) is 0.0105. The molecule has 25 nitrogen and oxygen atoms in total. The Morgan fingerprint density at radius 2 is 0.894 bits per heavy atom. The number of nitrogens with zero attached hydrogens (tertiary/aromatic N) is 4. The van der Waals surface area contributed by atoms with Gasteiger partial charge in [-0.25, -0.2) is 36.6 Å². The second kappa shape index (κ2) is 32.4. The van der Waals surface area contributed by atoms with Gasteiger partial charge in [-0.15, -0.1) is 6.58 Å². The Bertz CT molecular complexity index is 4210. The summed E-state index contributed by atoms with van der Waals surface area (Å²) < 4.78 is 134.